The first-order valence-electron chi connectivity index (χ1n) is 8.71. The van der Waals surface area contributed by atoms with E-state index >= 15 is 0 Å². The molecule has 0 aliphatic rings. The number of aromatic nitrogens is 4. The fourth-order valence-corrected chi connectivity index (χ4v) is 3.89. The van der Waals surface area contributed by atoms with Crippen LogP contribution in [0.5, 0.6) is 0 Å². The van der Waals surface area contributed by atoms with Crippen molar-refractivity contribution in [3.63, 3.8) is 0 Å². The highest BCUT2D eigenvalue weighted by atomic mass is 35.5. The van der Waals surface area contributed by atoms with E-state index in [2.05, 4.69) is 20.4 Å². The van der Waals surface area contributed by atoms with Gasteiger partial charge in [-0.3, -0.25) is 4.79 Å². The molecule has 4 aromatic rings. The molecule has 0 fully saturated rings. The van der Waals surface area contributed by atoms with Gasteiger partial charge in [-0.15, -0.1) is 11.3 Å². The number of nitrogens with zero attached hydrogens (tertiary/aromatic N) is 3. The molecule has 6 nitrogen and oxygen atoms in total. The molecule has 1 aromatic carbocycles. The predicted molar refractivity (Wildman–Crippen MR) is 112 cm³/mol. The first-order valence-corrected chi connectivity index (χ1v) is 9.97. The molecule has 1 amide bonds. The highest BCUT2D eigenvalue weighted by Gasteiger charge is 2.17. The van der Waals surface area contributed by atoms with Gasteiger partial charge in [-0.2, -0.15) is 5.10 Å². The van der Waals surface area contributed by atoms with Gasteiger partial charge in [0, 0.05) is 27.9 Å². The summed E-state index contributed by atoms with van der Waals surface area (Å²) >= 11 is 7.37. The number of amides is 1. The van der Waals surface area contributed by atoms with Crippen LogP contribution in [-0.2, 0) is 11.2 Å². The lowest BCUT2D eigenvalue weighted by molar-refractivity contribution is -0.115. The van der Waals surface area contributed by atoms with Gasteiger partial charge in [0.2, 0.25) is 5.91 Å². The fraction of sp³-hybridized carbons (Fsp3) is 0.150. The van der Waals surface area contributed by atoms with Crippen molar-refractivity contribution in [3.8, 4) is 17.1 Å². The molecule has 28 heavy (non-hydrogen) atoms. The minimum absolute atomic E-state index is 0.116. The number of thiazole rings is 1. The zero-order chi connectivity index (χ0) is 19.7. The van der Waals surface area contributed by atoms with E-state index in [-0.39, 0.29) is 12.3 Å². The quantitative estimate of drug-likeness (QED) is 0.496. The van der Waals surface area contributed by atoms with Crippen LogP contribution in [0, 0.1) is 13.8 Å². The maximum absolute atomic E-state index is 12.6. The van der Waals surface area contributed by atoms with Gasteiger partial charge in [0.1, 0.15) is 0 Å². The Hall–Kier alpha value is -2.90. The first kappa shape index (κ1) is 18.5. The summed E-state index contributed by atoms with van der Waals surface area (Å²) in [5.74, 6) is -0.116. The highest BCUT2D eigenvalue weighted by molar-refractivity contribution is 7.14. The second-order valence-electron chi connectivity index (χ2n) is 6.38. The smallest absolute Gasteiger partial charge is 0.230 e. The number of anilines is 1. The van der Waals surface area contributed by atoms with E-state index in [0.29, 0.717) is 10.2 Å². The van der Waals surface area contributed by atoms with Gasteiger partial charge < -0.3 is 10.3 Å². The minimum atomic E-state index is -0.116. The summed E-state index contributed by atoms with van der Waals surface area (Å²) in [6.45, 7) is 3.87. The van der Waals surface area contributed by atoms with Gasteiger partial charge in [-0.05, 0) is 50.2 Å². The summed E-state index contributed by atoms with van der Waals surface area (Å²) in [6.07, 6.45) is 2.08. The van der Waals surface area contributed by atoms with E-state index in [1.807, 2.05) is 66.5 Å². The van der Waals surface area contributed by atoms with E-state index in [9.17, 15) is 4.79 Å². The van der Waals surface area contributed by atoms with Crippen molar-refractivity contribution in [2.45, 2.75) is 20.3 Å². The van der Waals surface area contributed by atoms with Gasteiger partial charge in [-0.25, -0.2) is 9.67 Å². The maximum atomic E-state index is 12.6. The molecule has 2 N–H and O–H groups in total. The molecule has 0 bridgehead atoms. The predicted octanol–water partition coefficient (Wildman–Crippen LogP) is 4.78. The van der Waals surface area contributed by atoms with E-state index in [1.54, 1.807) is 0 Å². The highest BCUT2D eigenvalue weighted by Crippen LogP contribution is 2.24. The number of halogens is 1. The number of H-pyrrole nitrogens is 1. The van der Waals surface area contributed by atoms with Crippen LogP contribution >= 0.6 is 22.9 Å². The number of hydrogen-bond acceptors (Lipinski definition) is 4. The second kappa shape index (κ2) is 7.61. The van der Waals surface area contributed by atoms with Crippen molar-refractivity contribution in [2.24, 2.45) is 0 Å². The van der Waals surface area contributed by atoms with Crippen LogP contribution in [0.25, 0.3) is 17.1 Å². The molecule has 0 saturated heterocycles. The van der Waals surface area contributed by atoms with Crippen molar-refractivity contribution >= 4 is 34.0 Å². The van der Waals surface area contributed by atoms with E-state index in [0.717, 1.165) is 34.0 Å². The molecule has 3 heterocycles. The summed E-state index contributed by atoms with van der Waals surface area (Å²) < 4.78 is 1.83. The Morgan fingerprint density at radius 3 is 2.75 bits per heavy atom. The fourth-order valence-electron chi connectivity index (χ4n) is 3.03. The van der Waals surface area contributed by atoms with Gasteiger partial charge >= 0.3 is 0 Å². The molecule has 0 radical (unpaired) electrons. The van der Waals surface area contributed by atoms with E-state index < -0.39 is 0 Å². The van der Waals surface area contributed by atoms with Gasteiger partial charge in [0.15, 0.2) is 5.13 Å². The summed E-state index contributed by atoms with van der Waals surface area (Å²) in [5, 5.41) is 10.6. The third-order valence-corrected chi connectivity index (χ3v) is 5.48. The number of carbonyl (C=O) groups is 1. The van der Waals surface area contributed by atoms with Crippen LogP contribution < -0.4 is 5.32 Å². The molecule has 0 aliphatic heterocycles. The van der Waals surface area contributed by atoms with Crippen molar-refractivity contribution in [1.29, 1.82) is 0 Å². The van der Waals surface area contributed by atoms with Crippen LogP contribution in [0.3, 0.4) is 0 Å². The molecular weight excluding hydrogens is 394 g/mol. The molecule has 4 rings (SSSR count). The minimum Gasteiger partial charge on any atom is -0.360 e. The SMILES string of the molecule is Cc1nn(-c2ccc(Cl)cc2)c(C)c1CC(=O)Nc1nc(-c2ccc[nH]2)cs1. The molecule has 0 aliphatic carbocycles. The molecule has 142 valence electrons. The first-order chi connectivity index (χ1) is 13.5. The Labute approximate surface area is 171 Å². The number of aromatic amines is 1. The van der Waals surface area contributed by atoms with Crippen LogP contribution in [0.4, 0.5) is 5.13 Å². The Balaban J connectivity index is 1.50. The maximum Gasteiger partial charge on any atom is 0.230 e. The number of aryl methyl sites for hydroxylation is 1. The molecule has 0 spiro atoms. The molecular formula is C20H18ClN5OS. The Morgan fingerprint density at radius 1 is 1.25 bits per heavy atom. The third-order valence-electron chi connectivity index (χ3n) is 4.47. The number of nitrogens with one attached hydrogen (secondary N) is 2. The topological polar surface area (TPSA) is 75.6 Å². The average Bonchev–Trinajstić information content (AvgIpc) is 3.40. The standard InChI is InChI=1S/C20H18ClN5OS/c1-12-16(13(2)26(25-12)15-7-5-14(21)6-8-15)10-19(27)24-20-23-18(11-28-20)17-4-3-9-22-17/h3-9,11,22H,10H2,1-2H3,(H,23,24,27). The van der Waals surface area contributed by atoms with Crippen LogP contribution in [0.15, 0.2) is 48.0 Å². The average molecular weight is 412 g/mol. The number of benzene rings is 1. The summed E-state index contributed by atoms with van der Waals surface area (Å²) in [7, 11) is 0. The van der Waals surface area contributed by atoms with E-state index in [1.165, 1.54) is 11.3 Å². The lowest BCUT2D eigenvalue weighted by atomic mass is 10.1. The molecule has 3 aromatic heterocycles. The third kappa shape index (κ3) is 3.72. The van der Waals surface area contributed by atoms with E-state index in [4.69, 9.17) is 11.6 Å². The Morgan fingerprint density at radius 2 is 2.04 bits per heavy atom. The number of carbonyl (C=O) groups excluding carboxylic acids is 1. The molecule has 0 atom stereocenters. The van der Waals surface area contributed by atoms with Crippen LogP contribution in [-0.4, -0.2) is 25.7 Å². The lowest BCUT2D eigenvalue weighted by Crippen LogP contribution is -2.15. The van der Waals surface area contributed by atoms with Gasteiger partial charge in [0.25, 0.3) is 0 Å². The lowest BCUT2D eigenvalue weighted by Gasteiger charge is -2.06. The molecule has 0 unspecified atom stereocenters. The molecule has 8 heteroatoms. The molecule has 0 saturated carbocycles. The summed E-state index contributed by atoms with van der Waals surface area (Å²) in [4.78, 5) is 20.1. The van der Waals surface area contributed by atoms with Gasteiger partial charge in [0.05, 0.1) is 29.2 Å². The van der Waals surface area contributed by atoms with Gasteiger partial charge in [-0.1, -0.05) is 11.6 Å². The summed E-state index contributed by atoms with van der Waals surface area (Å²) in [5.41, 5.74) is 5.32. The largest absolute Gasteiger partial charge is 0.360 e. The Kier molecular flexibility index (Phi) is 5.02. The normalized spacial score (nSPS) is 11.0. The number of hydrogen-bond donors (Lipinski definition) is 2. The second-order valence-corrected chi connectivity index (χ2v) is 7.68. The number of rotatable bonds is 5. The van der Waals surface area contributed by atoms with Crippen molar-refractivity contribution in [3.05, 3.63) is 69.9 Å². The summed E-state index contributed by atoms with van der Waals surface area (Å²) in [6, 6.07) is 11.3. The monoisotopic (exact) mass is 411 g/mol. The van der Waals surface area contributed by atoms with Crippen molar-refractivity contribution in [1.82, 2.24) is 19.7 Å². The Bertz CT molecular complexity index is 1110. The van der Waals surface area contributed by atoms with Crippen molar-refractivity contribution < 1.29 is 4.79 Å². The van der Waals surface area contributed by atoms with Crippen molar-refractivity contribution in [2.75, 3.05) is 5.32 Å². The van der Waals surface area contributed by atoms with Crippen LogP contribution in [0.1, 0.15) is 17.0 Å². The zero-order valence-corrected chi connectivity index (χ0v) is 16.9. The van der Waals surface area contributed by atoms with Crippen LogP contribution in [0.2, 0.25) is 5.02 Å². The zero-order valence-electron chi connectivity index (χ0n) is 15.4.